The zero-order chi connectivity index (χ0) is 13.8. The zero-order valence-corrected chi connectivity index (χ0v) is 11.2. The minimum absolute atomic E-state index is 0.0630. The van der Waals surface area contributed by atoms with Gasteiger partial charge in [-0.1, -0.05) is 19.1 Å². The fourth-order valence-corrected chi connectivity index (χ4v) is 2.03. The number of hydrogen-bond donors (Lipinski definition) is 2. The molecule has 1 rings (SSSR count). The maximum absolute atomic E-state index is 10.8. The van der Waals surface area contributed by atoms with E-state index >= 15 is 0 Å². The molecule has 3 N–H and O–H groups in total. The van der Waals surface area contributed by atoms with Gasteiger partial charge in [-0.05, 0) is 37.0 Å². The first-order chi connectivity index (χ1) is 8.38. The van der Waals surface area contributed by atoms with E-state index in [0.717, 1.165) is 17.7 Å². The minimum Gasteiger partial charge on any atom is -0.496 e. The molecule has 1 unspecified atom stereocenters. The number of nitrogens with two attached hydrogens (primary N) is 1. The Morgan fingerprint density at radius 2 is 2.17 bits per heavy atom. The van der Waals surface area contributed by atoms with Gasteiger partial charge in [0.2, 0.25) is 0 Å². The topological polar surface area (TPSA) is 72.5 Å². The van der Waals surface area contributed by atoms with Crippen LogP contribution in [-0.2, 0) is 17.6 Å². The molecule has 1 aromatic rings. The molecule has 0 saturated heterocycles. The molecule has 0 heterocycles. The zero-order valence-electron chi connectivity index (χ0n) is 11.2. The Balaban J connectivity index is 2.97. The van der Waals surface area contributed by atoms with E-state index in [9.17, 15) is 4.79 Å². The van der Waals surface area contributed by atoms with Crippen LogP contribution in [0.25, 0.3) is 0 Å². The highest BCUT2D eigenvalue weighted by Gasteiger charge is 2.24. The van der Waals surface area contributed by atoms with Gasteiger partial charge in [0, 0.05) is 5.54 Å². The maximum Gasteiger partial charge on any atom is 0.305 e. The summed E-state index contributed by atoms with van der Waals surface area (Å²) in [5, 5.41) is 8.84. The predicted octanol–water partition coefficient (Wildman–Crippen LogP) is 1.99. The highest BCUT2D eigenvalue weighted by Crippen LogP contribution is 2.25. The molecule has 0 saturated carbocycles. The van der Waals surface area contributed by atoms with Crippen LogP contribution in [0.1, 0.15) is 31.4 Å². The van der Waals surface area contributed by atoms with E-state index in [-0.39, 0.29) is 6.42 Å². The van der Waals surface area contributed by atoms with Gasteiger partial charge in [-0.15, -0.1) is 0 Å². The van der Waals surface area contributed by atoms with E-state index in [4.69, 9.17) is 15.6 Å². The molecule has 0 aliphatic rings. The van der Waals surface area contributed by atoms with Crippen LogP contribution in [0.15, 0.2) is 18.2 Å². The molecule has 0 radical (unpaired) electrons. The monoisotopic (exact) mass is 251 g/mol. The van der Waals surface area contributed by atoms with E-state index in [1.807, 2.05) is 18.2 Å². The molecular weight excluding hydrogens is 230 g/mol. The normalized spacial score (nSPS) is 14.0. The Kier molecular flexibility index (Phi) is 4.73. The highest BCUT2D eigenvalue weighted by atomic mass is 16.5. The van der Waals surface area contributed by atoms with E-state index < -0.39 is 11.5 Å². The summed E-state index contributed by atoms with van der Waals surface area (Å²) in [4.78, 5) is 10.8. The summed E-state index contributed by atoms with van der Waals surface area (Å²) in [5.41, 5.74) is 7.41. The Morgan fingerprint density at radius 3 is 2.67 bits per heavy atom. The summed E-state index contributed by atoms with van der Waals surface area (Å²) in [7, 11) is 1.61. The molecular formula is C14H21NO3. The van der Waals surface area contributed by atoms with Crippen molar-refractivity contribution in [2.75, 3.05) is 7.11 Å². The molecule has 0 aromatic heterocycles. The smallest absolute Gasteiger partial charge is 0.305 e. The van der Waals surface area contributed by atoms with Crippen molar-refractivity contribution in [2.24, 2.45) is 5.73 Å². The second-order valence-electron chi connectivity index (χ2n) is 4.90. The second-order valence-corrected chi connectivity index (χ2v) is 4.90. The summed E-state index contributed by atoms with van der Waals surface area (Å²) in [6.45, 7) is 3.82. The molecule has 1 aromatic carbocycles. The molecule has 0 aliphatic heterocycles. The average molecular weight is 251 g/mol. The fraction of sp³-hybridized carbons (Fsp3) is 0.500. The number of carboxylic acid groups (broad SMARTS) is 1. The predicted molar refractivity (Wildman–Crippen MR) is 70.9 cm³/mol. The first-order valence-corrected chi connectivity index (χ1v) is 6.04. The van der Waals surface area contributed by atoms with Crippen molar-refractivity contribution in [3.05, 3.63) is 29.3 Å². The molecule has 1 atom stereocenters. The summed E-state index contributed by atoms with van der Waals surface area (Å²) in [6, 6.07) is 5.95. The van der Waals surface area contributed by atoms with E-state index in [2.05, 4.69) is 6.92 Å². The van der Waals surface area contributed by atoms with Crippen LogP contribution in [-0.4, -0.2) is 23.7 Å². The van der Waals surface area contributed by atoms with Crippen molar-refractivity contribution in [3.63, 3.8) is 0 Å². The number of aliphatic carboxylic acids is 1. The van der Waals surface area contributed by atoms with Gasteiger partial charge in [-0.25, -0.2) is 0 Å². The number of methoxy groups -OCH3 is 1. The second kappa shape index (κ2) is 5.87. The number of carboxylic acids is 1. The molecule has 0 spiro atoms. The van der Waals surface area contributed by atoms with E-state index in [1.54, 1.807) is 14.0 Å². The molecule has 18 heavy (non-hydrogen) atoms. The van der Waals surface area contributed by atoms with Crippen molar-refractivity contribution in [2.45, 2.75) is 38.6 Å². The van der Waals surface area contributed by atoms with Gasteiger partial charge in [-0.3, -0.25) is 4.79 Å². The summed E-state index contributed by atoms with van der Waals surface area (Å²) < 4.78 is 5.29. The number of carbonyl (C=O) groups is 1. The number of aryl methyl sites for hydroxylation is 1. The third kappa shape index (κ3) is 4.04. The van der Waals surface area contributed by atoms with Gasteiger partial charge in [0.25, 0.3) is 0 Å². The summed E-state index contributed by atoms with van der Waals surface area (Å²) >= 11 is 0. The van der Waals surface area contributed by atoms with E-state index in [1.165, 1.54) is 5.56 Å². The van der Waals surface area contributed by atoms with Crippen molar-refractivity contribution in [3.8, 4) is 5.75 Å². The van der Waals surface area contributed by atoms with Crippen LogP contribution < -0.4 is 10.5 Å². The first-order valence-electron chi connectivity index (χ1n) is 6.04. The van der Waals surface area contributed by atoms with Gasteiger partial charge in [-0.2, -0.15) is 0 Å². The molecule has 4 heteroatoms. The van der Waals surface area contributed by atoms with Crippen molar-refractivity contribution in [1.29, 1.82) is 0 Å². The third-order valence-corrected chi connectivity index (χ3v) is 2.90. The van der Waals surface area contributed by atoms with Gasteiger partial charge in [0.15, 0.2) is 0 Å². The minimum atomic E-state index is -0.884. The Hall–Kier alpha value is -1.55. The molecule has 4 nitrogen and oxygen atoms in total. The maximum atomic E-state index is 10.8. The standard InChI is InChI=1S/C14H21NO3/c1-4-10-5-6-12(18-3)11(7-10)8-14(2,15)9-13(16)17/h5-7H,4,8-9,15H2,1-3H3,(H,16,17). The summed E-state index contributed by atoms with van der Waals surface area (Å²) in [6.07, 6.45) is 1.35. The van der Waals surface area contributed by atoms with Crippen LogP contribution in [0, 0.1) is 0 Å². The molecule has 100 valence electrons. The lowest BCUT2D eigenvalue weighted by Crippen LogP contribution is -2.40. The lowest BCUT2D eigenvalue weighted by molar-refractivity contribution is -0.138. The fourth-order valence-electron chi connectivity index (χ4n) is 2.03. The molecule has 0 bridgehead atoms. The molecule has 0 aliphatic carbocycles. The lowest BCUT2D eigenvalue weighted by atomic mass is 9.89. The van der Waals surface area contributed by atoms with Gasteiger partial charge in [0.05, 0.1) is 13.5 Å². The van der Waals surface area contributed by atoms with E-state index in [0.29, 0.717) is 6.42 Å². The number of ether oxygens (including phenoxy) is 1. The Bertz CT molecular complexity index is 427. The SMILES string of the molecule is CCc1ccc(OC)c(CC(C)(N)CC(=O)O)c1. The average Bonchev–Trinajstić information content (AvgIpc) is 2.26. The summed E-state index contributed by atoms with van der Waals surface area (Å²) in [5.74, 6) is -0.125. The molecule has 0 amide bonds. The number of benzene rings is 1. The van der Waals surface area contributed by atoms with Crippen molar-refractivity contribution >= 4 is 5.97 Å². The quantitative estimate of drug-likeness (QED) is 0.811. The van der Waals surface area contributed by atoms with Crippen LogP contribution in [0.2, 0.25) is 0 Å². The molecule has 0 fully saturated rings. The van der Waals surface area contributed by atoms with Crippen molar-refractivity contribution < 1.29 is 14.6 Å². The Morgan fingerprint density at radius 1 is 1.50 bits per heavy atom. The number of rotatable bonds is 6. The van der Waals surface area contributed by atoms with Crippen LogP contribution >= 0.6 is 0 Å². The van der Waals surface area contributed by atoms with Crippen LogP contribution in [0.5, 0.6) is 5.75 Å². The van der Waals surface area contributed by atoms with Crippen LogP contribution in [0.4, 0.5) is 0 Å². The van der Waals surface area contributed by atoms with Gasteiger partial charge < -0.3 is 15.6 Å². The third-order valence-electron chi connectivity index (χ3n) is 2.90. The highest BCUT2D eigenvalue weighted by molar-refractivity contribution is 5.68. The first kappa shape index (κ1) is 14.5. The van der Waals surface area contributed by atoms with Crippen molar-refractivity contribution in [1.82, 2.24) is 0 Å². The van der Waals surface area contributed by atoms with Crippen LogP contribution in [0.3, 0.4) is 0 Å². The Labute approximate surface area is 108 Å². The van der Waals surface area contributed by atoms with Gasteiger partial charge >= 0.3 is 5.97 Å². The number of hydrogen-bond acceptors (Lipinski definition) is 3. The largest absolute Gasteiger partial charge is 0.496 e. The van der Waals surface area contributed by atoms with Gasteiger partial charge in [0.1, 0.15) is 5.75 Å². The lowest BCUT2D eigenvalue weighted by Gasteiger charge is -2.24.